The smallest absolute Gasteiger partial charge is 0.258 e. The lowest BCUT2D eigenvalue weighted by Crippen LogP contribution is -2.28. The van der Waals surface area contributed by atoms with Gasteiger partial charge in [-0.05, 0) is 24.5 Å². The van der Waals surface area contributed by atoms with Gasteiger partial charge < -0.3 is 4.90 Å². The van der Waals surface area contributed by atoms with Crippen LogP contribution in [0, 0.1) is 11.8 Å². The second kappa shape index (κ2) is 3.90. The molecule has 1 aromatic rings. The molecule has 2 unspecified atom stereocenters. The molecule has 1 aliphatic heterocycles. The Morgan fingerprint density at radius 1 is 1.22 bits per heavy atom. The third-order valence-corrected chi connectivity index (χ3v) is 4.29. The summed E-state index contributed by atoms with van der Waals surface area (Å²) in [6.45, 7) is 5.11. The Hall–Kier alpha value is -1.19. The Morgan fingerprint density at radius 2 is 1.89 bits per heavy atom. The van der Waals surface area contributed by atoms with Crippen LogP contribution in [0.15, 0.2) is 12.1 Å². The first-order valence-electron chi connectivity index (χ1n) is 6.69. The highest BCUT2D eigenvalue weighted by Gasteiger charge is 2.71. The third kappa shape index (κ3) is 1.62. The molecule has 2 fully saturated rings. The number of pyridine rings is 1. The molecule has 2 heterocycles. The summed E-state index contributed by atoms with van der Waals surface area (Å²) in [6.07, 6.45) is 1.87. The molecule has 1 aliphatic carbocycles. The minimum atomic E-state index is -2.41. The van der Waals surface area contributed by atoms with Gasteiger partial charge in [-0.25, -0.2) is 13.8 Å². The van der Waals surface area contributed by atoms with Crippen molar-refractivity contribution in [2.24, 2.45) is 11.8 Å². The average molecular weight is 252 g/mol. The summed E-state index contributed by atoms with van der Waals surface area (Å²) >= 11 is 0. The zero-order valence-electron chi connectivity index (χ0n) is 10.8. The fourth-order valence-electron chi connectivity index (χ4n) is 3.02. The second-order valence-electron chi connectivity index (χ2n) is 5.27. The summed E-state index contributed by atoms with van der Waals surface area (Å²) in [7, 11) is 0. The Labute approximate surface area is 106 Å². The average Bonchev–Trinajstić information content (AvgIpc) is 2.78. The predicted molar refractivity (Wildman–Crippen MR) is 67.1 cm³/mol. The first kappa shape index (κ1) is 11.9. The monoisotopic (exact) mass is 252 g/mol. The van der Waals surface area contributed by atoms with Crippen LogP contribution < -0.4 is 4.90 Å². The van der Waals surface area contributed by atoms with E-state index in [1.807, 2.05) is 11.0 Å². The quantitative estimate of drug-likeness (QED) is 0.822. The first-order valence-corrected chi connectivity index (χ1v) is 6.69. The molecule has 2 aliphatic rings. The molecular weight excluding hydrogens is 234 g/mol. The zero-order chi connectivity index (χ0) is 12.9. The molecule has 4 heteroatoms. The van der Waals surface area contributed by atoms with Gasteiger partial charge in [0, 0.05) is 18.8 Å². The van der Waals surface area contributed by atoms with Gasteiger partial charge in [0.1, 0.15) is 5.82 Å². The topological polar surface area (TPSA) is 16.1 Å². The Morgan fingerprint density at radius 3 is 2.44 bits per heavy atom. The number of fused-ring (bicyclic) bond motifs is 1. The summed E-state index contributed by atoms with van der Waals surface area (Å²) in [4.78, 5) is 6.63. The Kier molecular flexibility index (Phi) is 2.57. The minimum absolute atomic E-state index is 0.435. The van der Waals surface area contributed by atoms with Crippen LogP contribution in [0.4, 0.5) is 14.6 Å². The van der Waals surface area contributed by atoms with Crippen LogP contribution in [0.2, 0.25) is 0 Å². The number of hydrogen-bond acceptors (Lipinski definition) is 2. The molecule has 1 saturated carbocycles. The molecule has 0 N–H and O–H groups in total. The van der Waals surface area contributed by atoms with E-state index in [9.17, 15) is 8.78 Å². The van der Waals surface area contributed by atoms with Crippen molar-refractivity contribution in [2.45, 2.75) is 32.6 Å². The van der Waals surface area contributed by atoms with Crippen LogP contribution in [-0.2, 0) is 12.8 Å². The van der Waals surface area contributed by atoms with E-state index >= 15 is 0 Å². The number of hydrogen-bond donors (Lipinski definition) is 0. The fourth-order valence-corrected chi connectivity index (χ4v) is 3.02. The molecule has 18 heavy (non-hydrogen) atoms. The van der Waals surface area contributed by atoms with E-state index in [0.29, 0.717) is 13.1 Å². The van der Waals surface area contributed by atoms with Gasteiger partial charge in [0.25, 0.3) is 5.92 Å². The maximum atomic E-state index is 13.1. The summed E-state index contributed by atoms with van der Waals surface area (Å²) in [5.74, 6) is -2.41. The van der Waals surface area contributed by atoms with E-state index in [2.05, 4.69) is 24.9 Å². The summed E-state index contributed by atoms with van der Waals surface area (Å²) in [5.41, 5.74) is 2.36. The number of anilines is 1. The SMILES string of the molecule is CCc1ccc(N2CC3C(C2)C3(F)F)nc1CC. The molecule has 2 nitrogen and oxygen atoms in total. The molecule has 2 atom stereocenters. The number of nitrogens with zero attached hydrogens (tertiary/aromatic N) is 2. The standard InChI is InChI=1S/C14H18F2N2/c1-3-9-5-6-13(17-12(9)4-2)18-7-10-11(8-18)14(10,15)16/h5-6,10-11H,3-4,7-8H2,1-2H3. The fraction of sp³-hybridized carbons (Fsp3) is 0.643. The van der Waals surface area contributed by atoms with Gasteiger partial charge in [0.15, 0.2) is 0 Å². The van der Waals surface area contributed by atoms with Crippen molar-refractivity contribution in [3.63, 3.8) is 0 Å². The number of alkyl halides is 2. The van der Waals surface area contributed by atoms with Crippen molar-refractivity contribution >= 4 is 5.82 Å². The Balaban J connectivity index is 1.79. The molecule has 0 radical (unpaired) electrons. The van der Waals surface area contributed by atoms with Crippen LogP contribution in [0.1, 0.15) is 25.1 Å². The van der Waals surface area contributed by atoms with Gasteiger partial charge in [-0.3, -0.25) is 0 Å². The lowest BCUT2D eigenvalue weighted by molar-refractivity contribution is 0.0797. The normalized spacial score (nSPS) is 28.3. The van der Waals surface area contributed by atoms with E-state index in [1.165, 1.54) is 5.56 Å². The molecule has 0 spiro atoms. The van der Waals surface area contributed by atoms with Crippen LogP contribution >= 0.6 is 0 Å². The van der Waals surface area contributed by atoms with Crippen molar-refractivity contribution in [2.75, 3.05) is 18.0 Å². The van der Waals surface area contributed by atoms with Crippen molar-refractivity contribution in [3.8, 4) is 0 Å². The summed E-state index contributed by atoms with van der Waals surface area (Å²) in [5, 5.41) is 0. The molecular formula is C14H18F2N2. The van der Waals surface area contributed by atoms with E-state index < -0.39 is 17.8 Å². The summed E-state index contributed by atoms with van der Waals surface area (Å²) in [6, 6.07) is 4.06. The van der Waals surface area contributed by atoms with Gasteiger partial charge in [-0.1, -0.05) is 19.9 Å². The molecule has 0 bridgehead atoms. The highest BCUT2D eigenvalue weighted by molar-refractivity contribution is 5.45. The number of aryl methyl sites for hydroxylation is 2. The van der Waals surface area contributed by atoms with Gasteiger partial charge in [-0.15, -0.1) is 0 Å². The van der Waals surface area contributed by atoms with E-state index in [0.717, 1.165) is 24.4 Å². The molecule has 98 valence electrons. The van der Waals surface area contributed by atoms with Crippen molar-refractivity contribution in [3.05, 3.63) is 23.4 Å². The van der Waals surface area contributed by atoms with Gasteiger partial charge in [-0.2, -0.15) is 0 Å². The van der Waals surface area contributed by atoms with Crippen molar-refractivity contribution in [1.82, 2.24) is 4.98 Å². The number of aromatic nitrogens is 1. The van der Waals surface area contributed by atoms with Crippen molar-refractivity contribution < 1.29 is 8.78 Å². The van der Waals surface area contributed by atoms with Gasteiger partial charge in [0.05, 0.1) is 11.8 Å². The molecule has 1 saturated heterocycles. The van der Waals surface area contributed by atoms with Crippen LogP contribution in [-0.4, -0.2) is 24.0 Å². The highest BCUT2D eigenvalue weighted by atomic mass is 19.3. The van der Waals surface area contributed by atoms with Gasteiger partial charge in [0.2, 0.25) is 0 Å². The molecule has 1 aromatic heterocycles. The largest absolute Gasteiger partial charge is 0.356 e. The van der Waals surface area contributed by atoms with Crippen LogP contribution in [0.5, 0.6) is 0 Å². The Bertz CT molecular complexity index is 459. The number of halogens is 2. The predicted octanol–water partition coefficient (Wildman–Crippen LogP) is 2.91. The van der Waals surface area contributed by atoms with Gasteiger partial charge >= 0.3 is 0 Å². The third-order valence-electron chi connectivity index (χ3n) is 4.29. The lowest BCUT2D eigenvalue weighted by Gasteiger charge is -2.22. The van der Waals surface area contributed by atoms with Crippen LogP contribution in [0.3, 0.4) is 0 Å². The first-order chi connectivity index (χ1) is 8.57. The molecule has 0 amide bonds. The minimum Gasteiger partial charge on any atom is -0.356 e. The van der Waals surface area contributed by atoms with E-state index in [4.69, 9.17) is 0 Å². The number of rotatable bonds is 3. The maximum absolute atomic E-state index is 13.1. The second-order valence-corrected chi connectivity index (χ2v) is 5.27. The van der Waals surface area contributed by atoms with Crippen LogP contribution in [0.25, 0.3) is 0 Å². The molecule has 3 rings (SSSR count). The van der Waals surface area contributed by atoms with E-state index in [1.54, 1.807) is 0 Å². The lowest BCUT2D eigenvalue weighted by atomic mass is 10.1. The van der Waals surface area contributed by atoms with Crippen molar-refractivity contribution in [1.29, 1.82) is 0 Å². The molecule has 0 aromatic carbocycles. The highest BCUT2D eigenvalue weighted by Crippen LogP contribution is 2.59. The van der Waals surface area contributed by atoms with E-state index in [-0.39, 0.29) is 0 Å². The zero-order valence-corrected chi connectivity index (χ0v) is 10.8. The maximum Gasteiger partial charge on any atom is 0.258 e. The summed E-state index contributed by atoms with van der Waals surface area (Å²) < 4.78 is 26.3. The number of piperidine rings is 1.